The summed E-state index contributed by atoms with van der Waals surface area (Å²) in [6, 6.07) is 24.9. The summed E-state index contributed by atoms with van der Waals surface area (Å²) in [5.41, 5.74) is 4.82. The van der Waals surface area contributed by atoms with Crippen LogP contribution < -0.4 is 10.6 Å². The standard InChI is InChI=1S/C25H15N5O2S2/c31-23(16-7-9-19-20(12-16)30-34-29-19)28-25(33)26-18-8-10-22-21(13-18)27-24(32-22)17-6-5-14-3-1-2-4-15(14)11-17/h1-13H,(H2,26,28,31,33). The van der Waals surface area contributed by atoms with Gasteiger partial charge in [0.15, 0.2) is 10.7 Å². The Labute approximate surface area is 202 Å². The van der Waals surface area contributed by atoms with Crippen LogP contribution >= 0.6 is 23.9 Å². The van der Waals surface area contributed by atoms with Gasteiger partial charge in [-0.25, -0.2) is 4.98 Å². The van der Waals surface area contributed by atoms with Crippen molar-refractivity contribution in [2.75, 3.05) is 5.32 Å². The molecule has 0 aliphatic heterocycles. The molecule has 7 nitrogen and oxygen atoms in total. The molecule has 164 valence electrons. The van der Waals surface area contributed by atoms with Gasteiger partial charge in [0.25, 0.3) is 5.91 Å². The highest BCUT2D eigenvalue weighted by atomic mass is 32.1. The lowest BCUT2D eigenvalue weighted by molar-refractivity contribution is 0.0978. The fraction of sp³-hybridized carbons (Fsp3) is 0. The lowest BCUT2D eigenvalue weighted by atomic mass is 10.1. The van der Waals surface area contributed by atoms with E-state index in [1.165, 1.54) is 0 Å². The number of nitrogens with zero attached hydrogens (tertiary/aromatic N) is 3. The van der Waals surface area contributed by atoms with E-state index in [4.69, 9.17) is 16.6 Å². The molecule has 0 saturated carbocycles. The average molecular weight is 482 g/mol. The van der Waals surface area contributed by atoms with Gasteiger partial charge < -0.3 is 9.73 Å². The molecular formula is C25H15N5O2S2. The van der Waals surface area contributed by atoms with Crippen LogP contribution in [0.5, 0.6) is 0 Å². The molecule has 0 fully saturated rings. The maximum Gasteiger partial charge on any atom is 0.257 e. The van der Waals surface area contributed by atoms with E-state index in [1.54, 1.807) is 18.2 Å². The molecule has 6 rings (SSSR count). The summed E-state index contributed by atoms with van der Waals surface area (Å²) in [5, 5.41) is 8.18. The number of rotatable bonds is 3. The lowest BCUT2D eigenvalue weighted by Crippen LogP contribution is -2.34. The fourth-order valence-electron chi connectivity index (χ4n) is 3.71. The van der Waals surface area contributed by atoms with Crippen molar-refractivity contribution < 1.29 is 9.21 Å². The van der Waals surface area contributed by atoms with Crippen LogP contribution in [-0.4, -0.2) is 24.8 Å². The highest BCUT2D eigenvalue weighted by Gasteiger charge is 2.12. The second-order valence-corrected chi connectivity index (χ2v) is 8.58. The van der Waals surface area contributed by atoms with E-state index >= 15 is 0 Å². The second-order valence-electron chi connectivity index (χ2n) is 7.64. The summed E-state index contributed by atoms with van der Waals surface area (Å²) in [7, 11) is 0. The van der Waals surface area contributed by atoms with Crippen LogP contribution in [0.15, 0.2) is 83.3 Å². The molecule has 0 atom stereocenters. The van der Waals surface area contributed by atoms with Crippen molar-refractivity contribution in [1.82, 2.24) is 19.0 Å². The molecule has 0 aliphatic rings. The third-order valence-corrected chi connectivity index (χ3v) is 6.15. The molecule has 9 heteroatoms. The van der Waals surface area contributed by atoms with E-state index in [9.17, 15) is 4.79 Å². The number of benzene rings is 4. The van der Waals surface area contributed by atoms with Crippen molar-refractivity contribution in [3.8, 4) is 11.5 Å². The third kappa shape index (κ3) is 3.87. The number of aromatic nitrogens is 3. The van der Waals surface area contributed by atoms with Crippen molar-refractivity contribution in [3.63, 3.8) is 0 Å². The molecule has 4 aromatic carbocycles. The lowest BCUT2D eigenvalue weighted by Gasteiger charge is -2.09. The molecule has 0 unspecified atom stereocenters. The van der Waals surface area contributed by atoms with Crippen LogP contribution in [-0.2, 0) is 0 Å². The van der Waals surface area contributed by atoms with Crippen LogP contribution in [0, 0.1) is 0 Å². The van der Waals surface area contributed by atoms with Gasteiger partial charge in [0.2, 0.25) is 5.89 Å². The highest BCUT2D eigenvalue weighted by molar-refractivity contribution is 7.80. The summed E-state index contributed by atoms with van der Waals surface area (Å²) >= 11 is 6.43. The predicted molar refractivity (Wildman–Crippen MR) is 138 cm³/mol. The van der Waals surface area contributed by atoms with Gasteiger partial charge in [0.05, 0.1) is 11.7 Å². The maximum absolute atomic E-state index is 12.6. The maximum atomic E-state index is 12.6. The smallest absolute Gasteiger partial charge is 0.257 e. The molecule has 0 spiro atoms. The average Bonchev–Trinajstić information content (AvgIpc) is 3.49. The van der Waals surface area contributed by atoms with Crippen molar-refractivity contribution in [1.29, 1.82) is 0 Å². The highest BCUT2D eigenvalue weighted by Crippen LogP contribution is 2.28. The number of anilines is 1. The first-order valence-electron chi connectivity index (χ1n) is 10.4. The fourth-order valence-corrected chi connectivity index (χ4v) is 4.44. The first-order valence-corrected chi connectivity index (χ1v) is 11.5. The van der Waals surface area contributed by atoms with Crippen LogP contribution in [0.25, 0.3) is 44.4 Å². The zero-order valence-electron chi connectivity index (χ0n) is 17.5. The molecule has 0 radical (unpaired) electrons. The summed E-state index contributed by atoms with van der Waals surface area (Å²) in [5.74, 6) is 0.217. The quantitative estimate of drug-likeness (QED) is 0.310. The molecule has 6 aromatic rings. The Morgan fingerprint density at radius 1 is 0.853 bits per heavy atom. The Kier molecular flexibility index (Phi) is 4.97. The number of oxazole rings is 1. The molecule has 2 N–H and O–H groups in total. The number of amides is 1. The van der Waals surface area contributed by atoms with E-state index in [0.29, 0.717) is 33.8 Å². The van der Waals surface area contributed by atoms with Crippen molar-refractivity contribution in [2.45, 2.75) is 0 Å². The van der Waals surface area contributed by atoms with Crippen molar-refractivity contribution in [2.24, 2.45) is 0 Å². The Bertz CT molecular complexity index is 1720. The van der Waals surface area contributed by atoms with Crippen molar-refractivity contribution >= 4 is 73.6 Å². The number of carbonyl (C=O) groups excluding carboxylic acids is 1. The summed E-state index contributed by atoms with van der Waals surface area (Å²) in [6.45, 7) is 0. The molecular weight excluding hydrogens is 466 g/mol. The van der Waals surface area contributed by atoms with Crippen LogP contribution in [0.3, 0.4) is 0 Å². The van der Waals surface area contributed by atoms with Gasteiger partial charge in [0.1, 0.15) is 16.6 Å². The number of hydrogen-bond acceptors (Lipinski definition) is 7. The molecule has 0 bridgehead atoms. The van der Waals surface area contributed by atoms with E-state index in [2.05, 4.69) is 48.6 Å². The van der Waals surface area contributed by atoms with Crippen molar-refractivity contribution in [3.05, 3.63) is 84.4 Å². The number of thiocarbonyl (C=S) groups is 1. The normalized spacial score (nSPS) is 11.2. The number of nitrogens with one attached hydrogen (secondary N) is 2. The van der Waals surface area contributed by atoms with Crippen LogP contribution in [0.1, 0.15) is 10.4 Å². The number of carbonyl (C=O) groups is 1. The van der Waals surface area contributed by atoms with Crippen LogP contribution in [0.4, 0.5) is 5.69 Å². The van der Waals surface area contributed by atoms with Gasteiger partial charge in [-0.05, 0) is 71.5 Å². The van der Waals surface area contributed by atoms with Crippen LogP contribution in [0.2, 0.25) is 0 Å². The Morgan fingerprint density at radius 3 is 2.62 bits per heavy atom. The Morgan fingerprint density at radius 2 is 1.71 bits per heavy atom. The van der Waals surface area contributed by atoms with Gasteiger partial charge >= 0.3 is 0 Å². The number of hydrogen-bond donors (Lipinski definition) is 2. The Hall–Kier alpha value is -4.21. The molecule has 0 aliphatic carbocycles. The van der Waals surface area contributed by atoms with Gasteiger partial charge in [-0.1, -0.05) is 30.3 Å². The topological polar surface area (TPSA) is 92.9 Å². The monoisotopic (exact) mass is 481 g/mol. The van der Waals surface area contributed by atoms with E-state index in [1.807, 2.05) is 36.4 Å². The molecule has 0 saturated heterocycles. The van der Waals surface area contributed by atoms with Gasteiger partial charge in [-0.2, -0.15) is 8.75 Å². The zero-order valence-corrected chi connectivity index (χ0v) is 19.1. The van der Waals surface area contributed by atoms with E-state index in [0.717, 1.165) is 33.6 Å². The first kappa shape index (κ1) is 20.4. The van der Waals surface area contributed by atoms with Gasteiger partial charge in [-0.3, -0.25) is 10.1 Å². The minimum atomic E-state index is -0.325. The zero-order chi connectivity index (χ0) is 23.1. The summed E-state index contributed by atoms with van der Waals surface area (Å²) in [4.78, 5) is 17.2. The summed E-state index contributed by atoms with van der Waals surface area (Å²) < 4.78 is 14.3. The first-order chi connectivity index (χ1) is 16.6. The largest absolute Gasteiger partial charge is 0.436 e. The minimum Gasteiger partial charge on any atom is -0.436 e. The minimum absolute atomic E-state index is 0.180. The third-order valence-electron chi connectivity index (χ3n) is 5.38. The van der Waals surface area contributed by atoms with E-state index in [-0.39, 0.29) is 11.0 Å². The SMILES string of the molecule is O=C(NC(=S)Nc1ccc2oc(-c3ccc4ccccc4c3)nc2c1)c1ccc2nsnc2c1. The molecule has 1 amide bonds. The second kappa shape index (κ2) is 8.29. The summed E-state index contributed by atoms with van der Waals surface area (Å²) in [6.07, 6.45) is 0. The number of fused-ring (bicyclic) bond motifs is 3. The molecule has 2 aromatic heterocycles. The van der Waals surface area contributed by atoms with Gasteiger partial charge in [0, 0.05) is 16.8 Å². The molecule has 2 heterocycles. The molecule has 34 heavy (non-hydrogen) atoms. The van der Waals surface area contributed by atoms with Gasteiger partial charge in [-0.15, -0.1) is 0 Å². The Balaban J connectivity index is 1.19. The predicted octanol–water partition coefficient (Wildman–Crippen LogP) is 5.78. The van der Waals surface area contributed by atoms with E-state index < -0.39 is 0 Å².